The second-order valence-corrected chi connectivity index (χ2v) is 6.41. The third-order valence-electron chi connectivity index (χ3n) is 3.45. The van der Waals surface area contributed by atoms with Crippen LogP contribution in [-0.2, 0) is 22.4 Å². The summed E-state index contributed by atoms with van der Waals surface area (Å²) in [5.41, 5.74) is 2.14. The third kappa shape index (κ3) is 3.76. The molecule has 0 unspecified atom stereocenters. The molecule has 0 radical (unpaired) electrons. The van der Waals surface area contributed by atoms with Crippen LogP contribution in [0.4, 0.5) is 8.78 Å². The van der Waals surface area contributed by atoms with E-state index in [0.717, 1.165) is 17.2 Å². The topological polar surface area (TPSA) is 39.2 Å². The van der Waals surface area contributed by atoms with Crippen LogP contribution < -0.4 is 0 Å². The number of rotatable bonds is 5. The van der Waals surface area contributed by atoms with Crippen molar-refractivity contribution < 1.29 is 18.3 Å². The van der Waals surface area contributed by atoms with E-state index in [9.17, 15) is 13.6 Å². The number of hydrogen-bond acceptors (Lipinski definition) is 4. The summed E-state index contributed by atoms with van der Waals surface area (Å²) < 4.78 is 32.3. The lowest BCUT2D eigenvalue weighted by atomic mass is 10.1. The first-order valence-electron chi connectivity index (χ1n) is 7.53. The number of fused-ring (bicyclic) bond motifs is 1. The third-order valence-corrected chi connectivity index (χ3v) is 4.53. The molecular weight excluding hydrogens is 332 g/mol. The number of carbonyl (C=O) groups excluding carboxylic acids is 1. The van der Waals surface area contributed by atoms with Gasteiger partial charge in [-0.25, -0.2) is 13.8 Å². The van der Waals surface area contributed by atoms with Crippen LogP contribution in [0.25, 0.3) is 10.2 Å². The van der Waals surface area contributed by atoms with Gasteiger partial charge in [-0.15, -0.1) is 11.3 Å². The lowest BCUT2D eigenvalue weighted by Gasteiger charge is -2.04. The lowest BCUT2D eigenvalue weighted by molar-refractivity contribution is -0.142. The molecule has 0 bridgehead atoms. The molecule has 0 fully saturated rings. The van der Waals surface area contributed by atoms with Gasteiger partial charge in [0.1, 0.15) is 11.6 Å². The molecule has 24 heavy (non-hydrogen) atoms. The number of aromatic nitrogens is 1. The lowest BCUT2D eigenvalue weighted by Crippen LogP contribution is -2.07. The largest absolute Gasteiger partial charge is 0.466 e. The van der Waals surface area contributed by atoms with Crippen molar-refractivity contribution in [2.45, 2.75) is 19.8 Å². The number of hydrogen-bond donors (Lipinski definition) is 0. The van der Waals surface area contributed by atoms with Gasteiger partial charge >= 0.3 is 5.97 Å². The first-order chi connectivity index (χ1) is 11.5. The molecular formula is C18H15F2NO2S. The fourth-order valence-electron chi connectivity index (χ4n) is 2.48. The van der Waals surface area contributed by atoms with Crippen molar-refractivity contribution in [2.75, 3.05) is 6.61 Å². The minimum atomic E-state index is -0.631. The van der Waals surface area contributed by atoms with Crippen molar-refractivity contribution >= 4 is 27.5 Å². The average Bonchev–Trinajstić information content (AvgIpc) is 2.90. The number of carbonyl (C=O) groups is 1. The highest BCUT2D eigenvalue weighted by atomic mass is 32.1. The summed E-state index contributed by atoms with van der Waals surface area (Å²) in [7, 11) is 0. The van der Waals surface area contributed by atoms with E-state index in [2.05, 4.69) is 4.98 Å². The molecule has 0 atom stereocenters. The van der Waals surface area contributed by atoms with E-state index in [1.54, 1.807) is 6.92 Å². The Hall–Kier alpha value is -2.34. The maximum Gasteiger partial charge on any atom is 0.310 e. The molecule has 124 valence electrons. The maximum atomic E-state index is 13.8. The highest BCUT2D eigenvalue weighted by Gasteiger charge is 2.11. The van der Waals surface area contributed by atoms with Crippen molar-refractivity contribution in [1.29, 1.82) is 0 Å². The van der Waals surface area contributed by atoms with Crippen molar-refractivity contribution in [3.63, 3.8) is 0 Å². The summed E-state index contributed by atoms with van der Waals surface area (Å²) in [6.07, 6.45) is 0.707. The van der Waals surface area contributed by atoms with E-state index in [4.69, 9.17) is 4.74 Å². The number of benzene rings is 2. The fourth-order valence-corrected chi connectivity index (χ4v) is 3.47. The van der Waals surface area contributed by atoms with Crippen molar-refractivity contribution in [1.82, 2.24) is 4.98 Å². The first-order valence-corrected chi connectivity index (χ1v) is 8.34. The molecule has 0 spiro atoms. The molecule has 1 heterocycles. The minimum absolute atomic E-state index is 0.210. The molecule has 2 aromatic carbocycles. The van der Waals surface area contributed by atoms with Gasteiger partial charge in [-0.05, 0) is 18.1 Å². The normalized spacial score (nSPS) is 11.0. The molecule has 0 aliphatic carbocycles. The van der Waals surface area contributed by atoms with Gasteiger partial charge in [0, 0.05) is 18.6 Å². The summed E-state index contributed by atoms with van der Waals surface area (Å²) in [5, 5.41) is 0.697. The van der Waals surface area contributed by atoms with E-state index < -0.39 is 11.6 Å². The van der Waals surface area contributed by atoms with Gasteiger partial charge in [0.05, 0.1) is 28.3 Å². The number of halogens is 2. The first kappa shape index (κ1) is 16.5. The van der Waals surface area contributed by atoms with E-state index in [-0.39, 0.29) is 12.4 Å². The minimum Gasteiger partial charge on any atom is -0.466 e. The fraction of sp³-hybridized carbons (Fsp3) is 0.222. The van der Waals surface area contributed by atoms with Crippen molar-refractivity contribution in [3.8, 4) is 0 Å². The quantitative estimate of drug-likeness (QED) is 0.647. The summed E-state index contributed by atoms with van der Waals surface area (Å²) in [6.45, 7) is 2.12. The van der Waals surface area contributed by atoms with Gasteiger partial charge in [-0.2, -0.15) is 0 Å². The number of ether oxygens (including phenoxy) is 1. The molecule has 3 nitrogen and oxygen atoms in total. The Morgan fingerprint density at radius 3 is 2.79 bits per heavy atom. The van der Waals surface area contributed by atoms with Gasteiger partial charge in [0.2, 0.25) is 0 Å². The monoisotopic (exact) mass is 347 g/mol. The van der Waals surface area contributed by atoms with Crippen LogP contribution in [-0.4, -0.2) is 17.6 Å². The Kier molecular flexibility index (Phi) is 4.85. The molecule has 0 saturated heterocycles. The average molecular weight is 347 g/mol. The smallest absolute Gasteiger partial charge is 0.310 e. The molecule has 3 rings (SSSR count). The van der Waals surface area contributed by atoms with Gasteiger partial charge in [-0.1, -0.05) is 24.3 Å². The van der Waals surface area contributed by atoms with Gasteiger partial charge < -0.3 is 4.74 Å². The Bertz CT molecular complexity index is 892. The molecule has 0 saturated carbocycles. The van der Waals surface area contributed by atoms with Crippen LogP contribution in [0.5, 0.6) is 0 Å². The Morgan fingerprint density at radius 2 is 2.00 bits per heavy atom. The molecule has 3 aromatic rings. The molecule has 1 aromatic heterocycles. The Labute approximate surface area is 141 Å². The van der Waals surface area contributed by atoms with E-state index in [0.29, 0.717) is 28.3 Å². The van der Waals surface area contributed by atoms with Crippen LogP contribution in [0.15, 0.2) is 36.4 Å². The van der Waals surface area contributed by atoms with Crippen LogP contribution in [0, 0.1) is 11.6 Å². The predicted octanol–water partition coefficient (Wildman–Crippen LogP) is 4.27. The van der Waals surface area contributed by atoms with Gasteiger partial charge in [-0.3, -0.25) is 4.79 Å². The van der Waals surface area contributed by atoms with Gasteiger partial charge in [0.25, 0.3) is 0 Å². The molecule has 0 aliphatic heterocycles. The van der Waals surface area contributed by atoms with Crippen LogP contribution in [0.2, 0.25) is 0 Å². The number of esters is 1. The molecule has 0 amide bonds. The summed E-state index contributed by atoms with van der Waals surface area (Å²) in [5.74, 6) is -1.50. The van der Waals surface area contributed by atoms with E-state index in [1.165, 1.54) is 17.4 Å². The molecule has 0 aliphatic rings. The summed E-state index contributed by atoms with van der Waals surface area (Å²) >= 11 is 1.21. The summed E-state index contributed by atoms with van der Waals surface area (Å²) in [6, 6.07) is 9.63. The highest BCUT2D eigenvalue weighted by Crippen LogP contribution is 2.27. The predicted molar refractivity (Wildman–Crippen MR) is 89.1 cm³/mol. The van der Waals surface area contributed by atoms with Crippen molar-refractivity contribution in [3.05, 3.63) is 64.2 Å². The van der Waals surface area contributed by atoms with Crippen LogP contribution in [0.3, 0.4) is 0 Å². The SMILES string of the molecule is CCOC(=O)Cc1cccc(Cc2nc3cc(F)cc(F)c3s2)c1. The summed E-state index contributed by atoms with van der Waals surface area (Å²) in [4.78, 5) is 15.9. The Balaban J connectivity index is 1.81. The van der Waals surface area contributed by atoms with E-state index in [1.807, 2.05) is 24.3 Å². The Morgan fingerprint density at radius 1 is 1.21 bits per heavy atom. The standard InChI is InChI=1S/C18H15F2NO2S/c1-2-23-17(22)8-12-5-3-4-11(6-12)7-16-21-15-10-13(19)9-14(20)18(15)24-16/h3-6,9-10H,2,7-8H2,1H3. The van der Waals surface area contributed by atoms with Gasteiger partial charge in [0.15, 0.2) is 0 Å². The number of thiazole rings is 1. The second kappa shape index (κ2) is 7.05. The molecule has 6 heteroatoms. The zero-order valence-electron chi connectivity index (χ0n) is 13.0. The van der Waals surface area contributed by atoms with E-state index >= 15 is 0 Å². The zero-order chi connectivity index (χ0) is 17.1. The highest BCUT2D eigenvalue weighted by molar-refractivity contribution is 7.18. The van der Waals surface area contributed by atoms with Crippen LogP contribution >= 0.6 is 11.3 Å². The maximum absolute atomic E-state index is 13.8. The van der Waals surface area contributed by atoms with Crippen molar-refractivity contribution in [2.24, 2.45) is 0 Å². The molecule has 0 N–H and O–H groups in total. The van der Waals surface area contributed by atoms with Crippen LogP contribution in [0.1, 0.15) is 23.1 Å². The number of nitrogens with zero attached hydrogens (tertiary/aromatic N) is 1. The second-order valence-electron chi connectivity index (χ2n) is 5.32. The zero-order valence-corrected chi connectivity index (χ0v) is 13.8.